The van der Waals surface area contributed by atoms with E-state index in [1.54, 1.807) is 0 Å². The highest BCUT2D eigenvalue weighted by atomic mass is 16.8. The Labute approximate surface area is 218 Å². The monoisotopic (exact) mass is 512 g/mol. The number of carbonyl (C=O) groups is 1. The number of allylic oxidation sites excluding steroid dienone is 1. The van der Waals surface area contributed by atoms with Crippen LogP contribution in [0.3, 0.4) is 0 Å². The topological polar surface area (TPSA) is 83.5 Å². The van der Waals surface area contributed by atoms with Crippen molar-refractivity contribution < 1.29 is 33.6 Å². The summed E-state index contributed by atoms with van der Waals surface area (Å²) < 4.78 is 33.3. The summed E-state index contributed by atoms with van der Waals surface area (Å²) in [5.74, 6) is -1.33. The summed E-state index contributed by atoms with van der Waals surface area (Å²) in [6, 6.07) is 0. The van der Waals surface area contributed by atoms with Crippen LogP contribution in [0.5, 0.6) is 0 Å². The standard InChI is InChI=1S/C30H40O7/c1-15-11-20(31)29-19-9-8-18(15)24(29)36-27(4,5)37-30(29)22(32)21-26(2,3)13-17-12-16-7-6-10-33-25(16)35-23(17)28(19,21)14-34-30/h16,18-19,21-22,24-25,32H,1,6-14H2,2-5H3/t16-,18+,19+,21-,22+,24-,25+,28+,29+,30+/m1/s1. The summed E-state index contributed by atoms with van der Waals surface area (Å²) in [6.45, 7) is 13.7. The third-order valence-electron chi connectivity index (χ3n) is 11.7. The number of fused-ring (bicyclic) bond motifs is 2. The maximum Gasteiger partial charge on any atom is 0.213 e. The Morgan fingerprint density at radius 3 is 2.73 bits per heavy atom. The SMILES string of the molecule is C=C1CC(=O)[C@@]23[C@@H]4OC(C)(C)O[C@]25OC[C@]2(C6=C(C[C@H]7CCCO[C@H]7O6)CC(C)(C)[C@H]2[C@@H]5O)[C@@H]3CC[C@@H]14. The van der Waals surface area contributed by atoms with Gasteiger partial charge in [0, 0.05) is 24.2 Å². The van der Waals surface area contributed by atoms with Crippen LogP contribution in [0, 0.1) is 39.9 Å². The molecule has 202 valence electrons. The zero-order valence-electron chi connectivity index (χ0n) is 22.5. The molecule has 9 rings (SSSR count). The molecule has 5 aliphatic heterocycles. The van der Waals surface area contributed by atoms with Crippen molar-refractivity contribution in [1.82, 2.24) is 0 Å². The molecule has 3 spiro atoms. The number of rotatable bonds is 0. The van der Waals surface area contributed by atoms with E-state index in [2.05, 4.69) is 20.4 Å². The molecule has 4 bridgehead atoms. The van der Waals surface area contributed by atoms with Crippen molar-refractivity contribution in [2.45, 2.75) is 103 Å². The first-order valence-corrected chi connectivity index (χ1v) is 14.4. The Morgan fingerprint density at radius 1 is 1.11 bits per heavy atom. The van der Waals surface area contributed by atoms with Crippen LogP contribution in [0.2, 0.25) is 0 Å². The molecule has 5 heterocycles. The van der Waals surface area contributed by atoms with Crippen LogP contribution in [0.15, 0.2) is 23.5 Å². The van der Waals surface area contributed by atoms with Gasteiger partial charge >= 0.3 is 0 Å². The van der Waals surface area contributed by atoms with Gasteiger partial charge in [-0.3, -0.25) is 4.79 Å². The van der Waals surface area contributed by atoms with Crippen LogP contribution in [0.25, 0.3) is 0 Å². The highest BCUT2D eigenvalue weighted by molar-refractivity contribution is 5.92. The second-order valence-corrected chi connectivity index (χ2v) is 14.4. The van der Waals surface area contributed by atoms with E-state index in [1.807, 2.05) is 13.8 Å². The third kappa shape index (κ3) is 2.47. The van der Waals surface area contributed by atoms with Crippen LogP contribution in [0.1, 0.15) is 72.6 Å². The van der Waals surface area contributed by atoms with Gasteiger partial charge in [0.1, 0.15) is 17.3 Å². The van der Waals surface area contributed by atoms with E-state index in [1.165, 1.54) is 5.57 Å². The zero-order chi connectivity index (χ0) is 25.8. The predicted molar refractivity (Wildman–Crippen MR) is 132 cm³/mol. The van der Waals surface area contributed by atoms with E-state index in [0.717, 1.165) is 49.9 Å². The molecule has 37 heavy (non-hydrogen) atoms. The number of aliphatic hydroxyl groups excluding tert-OH is 1. The smallest absolute Gasteiger partial charge is 0.213 e. The molecule has 3 saturated carbocycles. The molecule has 4 saturated heterocycles. The van der Waals surface area contributed by atoms with Crippen LogP contribution >= 0.6 is 0 Å². The minimum Gasteiger partial charge on any atom is -0.468 e. The fourth-order valence-corrected chi connectivity index (χ4v) is 10.9. The highest BCUT2D eigenvalue weighted by Crippen LogP contribution is 2.79. The minimum absolute atomic E-state index is 0.0439. The summed E-state index contributed by atoms with van der Waals surface area (Å²) in [4.78, 5) is 14.5. The Balaban J connectivity index is 1.39. The Morgan fingerprint density at radius 2 is 1.92 bits per heavy atom. The maximum atomic E-state index is 14.5. The van der Waals surface area contributed by atoms with E-state index < -0.39 is 34.6 Å². The van der Waals surface area contributed by atoms with E-state index in [9.17, 15) is 9.90 Å². The minimum atomic E-state index is -1.44. The molecule has 10 atom stereocenters. The summed E-state index contributed by atoms with van der Waals surface area (Å²) in [7, 11) is 0. The lowest BCUT2D eigenvalue weighted by molar-refractivity contribution is -0.532. The van der Waals surface area contributed by atoms with Crippen LogP contribution in [-0.2, 0) is 28.5 Å². The highest BCUT2D eigenvalue weighted by Gasteiger charge is 2.88. The second-order valence-electron chi connectivity index (χ2n) is 14.4. The average molecular weight is 513 g/mol. The molecule has 0 radical (unpaired) electrons. The Bertz CT molecular complexity index is 1140. The first-order valence-electron chi connectivity index (χ1n) is 14.4. The molecule has 0 amide bonds. The lowest BCUT2D eigenvalue weighted by Gasteiger charge is -2.79. The maximum absolute atomic E-state index is 14.5. The van der Waals surface area contributed by atoms with Crippen molar-refractivity contribution in [2.24, 2.45) is 39.9 Å². The number of carbonyl (C=O) groups excluding carboxylic acids is 1. The van der Waals surface area contributed by atoms with Crippen molar-refractivity contribution in [1.29, 1.82) is 0 Å². The molecule has 4 aliphatic carbocycles. The largest absolute Gasteiger partial charge is 0.468 e. The van der Waals surface area contributed by atoms with Crippen molar-refractivity contribution in [2.75, 3.05) is 13.2 Å². The number of aliphatic hydroxyl groups is 1. The number of hydrogen-bond acceptors (Lipinski definition) is 7. The fraction of sp³-hybridized carbons (Fsp3) is 0.833. The van der Waals surface area contributed by atoms with Gasteiger partial charge in [0.2, 0.25) is 12.1 Å². The number of ether oxygens (including phenoxy) is 5. The number of ketones is 1. The molecular weight excluding hydrogens is 472 g/mol. The van der Waals surface area contributed by atoms with Crippen molar-refractivity contribution in [3.8, 4) is 0 Å². The molecule has 0 aromatic heterocycles. The summed E-state index contributed by atoms with van der Waals surface area (Å²) in [5, 5.41) is 12.5. The van der Waals surface area contributed by atoms with Crippen LogP contribution < -0.4 is 0 Å². The van der Waals surface area contributed by atoms with Gasteiger partial charge in [-0.2, -0.15) is 0 Å². The van der Waals surface area contributed by atoms with Crippen LogP contribution in [-0.4, -0.2) is 54.2 Å². The number of Topliss-reactive ketones (excluding diaryl/α,β-unsaturated/α-hetero) is 1. The van der Waals surface area contributed by atoms with Gasteiger partial charge in [0.25, 0.3) is 0 Å². The van der Waals surface area contributed by atoms with Crippen molar-refractivity contribution in [3.05, 3.63) is 23.5 Å². The summed E-state index contributed by atoms with van der Waals surface area (Å²) in [5.41, 5.74) is 0.324. The van der Waals surface area contributed by atoms with E-state index >= 15 is 0 Å². The number of hydrogen-bond donors (Lipinski definition) is 1. The summed E-state index contributed by atoms with van der Waals surface area (Å²) in [6.07, 6.45) is 4.32. The lowest BCUT2D eigenvalue weighted by atomic mass is 9.33. The molecule has 7 fully saturated rings. The van der Waals surface area contributed by atoms with Gasteiger partial charge in [-0.1, -0.05) is 26.0 Å². The van der Waals surface area contributed by atoms with Gasteiger partial charge in [-0.05, 0) is 69.3 Å². The van der Waals surface area contributed by atoms with E-state index in [0.29, 0.717) is 19.1 Å². The normalized spacial score (nSPS) is 54.5. The van der Waals surface area contributed by atoms with E-state index in [-0.39, 0.29) is 41.7 Å². The molecule has 9 aliphatic rings. The van der Waals surface area contributed by atoms with Gasteiger partial charge in [-0.25, -0.2) is 0 Å². The first-order chi connectivity index (χ1) is 17.5. The molecule has 7 heteroatoms. The third-order valence-corrected chi connectivity index (χ3v) is 11.7. The second kappa shape index (κ2) is 6.90. The fourth-order valence-electron chi connectivity index (χ4n) is 10.9. The van der Waals surface area contributed by atoms with Crippen molar-refractivity contribution in [3.63, 3.8) is 0 Å². The van der Waals surface area contributed by atoms with Gasteiger partial charge in [-0.15, -0.1) is 0 Å². The quantitative estimate of drug-likeness (QED) is 0.486. The van der Waals surface area contributed by atoms with Gasteiger partial charge in [0.05, 0.1) is 24.7 Å². The molecule has 0 aromatic rings. The predicted octanol–water partition coefficient (Wildman–Crippen LogP) is 4.24. The van der Waals surface area contributed by atoms with E-state index in [4.69, 9.17) is 23.7 Å². The van der Waals surface area contributed by atoms with Crippen LogP contribution in [0.4, 0.5) is 0 Å². The Hall–Kier alpha value is -1.25. The zero-order valence-corrected chi connectivity index (χ0v) is 22.5. The molecule has 1 N–H and O–H groups in total. The molecule has 0 aromatic carbocycles. The van der Waals surface area contributed by atoms with Gasteiger partial charge in [0.15, 0.2) is 11.6 Å². The lowest BCUT2D eigenvalue weighted by Crippen LogP contribution is -2.89. The summed E-state index contributed by atoms with van der Waals surface area (Å²) >= 11 is 0. The van der Waals surface area contributed by atoms with Crippen molar-refractivity contribution >= 4 is 5.78 Å². The molecule has 7 nitrogen and oxygen atoms in total. The first kappa shape index (κ1) is 23.6. The van der Waals surface area contributed by atoms with Gasteiger partial charge < -0.3 is 28.8 Å². The Kier molecular flexibility index (Phi) is 4.40. The average Bonchev–Trinajstić information content (AvgIpc) is 2.82. The molecular formula is C30H40O7. The molecule has 0 unspecified atom stereocenters.